The third kappa shape index (κ3) is 2.50. The maximum absolute atomic E-state index is 13.0. The summed E-state index contributed by atoms with van der Waals surface area (Å²) >= 11 is 24.4. The molecule has 2 aliphatic rings. The Kier molecular flexibility index (Phi) is 4.19. The van der Waals surface area contributed by atoms with Crippen molar-refractivity contribution in [1.82, 2.24) is 9.55 Å². The summed E-state index contributed by atoms with van der Waals surface area (Å²) in [7, 11) is 0. The Bertz CT molecular complexity index is 1300. The lowest BCUT2D eigenvalue weighted by atomic mass is 10.1. The second-order valence-corrected chi connectivity index (χ2v) is 8.25. The van der Waals surface area contributed by atoms with Crippen LogP contribution in [0.15, 0.2) is 23.0 Å². The van der Waals surface area contributed by atoms with Crippen LogP contribution in [0.4, 0.5) is 5.69 Å². The topological polar surface area (TPSA) is 72.3 Å². The number of aromatic nitrogens is 2. The van der Waals surface area contributed by atoms with Gasteiger partial charge in [0.1, 0.15) is 5.82 Å². The largest absolute Gasteiger partial charge is 0.296 e. The summed E-state index contributed by atoms with van der Waals surface area (Å²) in [6, 6.07) is 4.63. The summed E-state index contributed by atoms with van der Waals surface area (Å²) in [6.07, 6.45) is 1.59. The predicted octanol–water partition coefficient (Wildman–Crippen LogP) is 4.76. The van der Waals surface area contributed by atoms with Crippen LogP contribution in [-0.2, 0) is 13.0 Å². The number of imide groups is 1. The smallest absolute Gasteiger partial charge is 0.267 e. The van der Waals surface area contributed by atoms with Crippen LogP contribution in [0.3, 0.4) is 0 Å². The maximum Gasteiger partial charge on any atom is 0.267 e. The highest BCUT2D eigenvalue weighted by Gasteiger charge is 2.42. The van der Waals surface area contributed by atoms with Crippen LogP contribution in [-0.4, -0.2) is 21.4 Å². The monoisotopic (exact) mass is 467 g/mol. The van der Waals surface area contributed by atoms with Gasteiger partial charge in [0.05, 0.1) is 47.8 Å². The first kappa shape index (κ1) is 18.9. The lowest BCUT2D eigenvalue weighted by molar-refractivity contribution is 0.0926. The van der Waals surface area contributed by atoms with Crippen molar-refractivity contribution in [2.45, 2.75) is 19.4 Å². The van der Waals surface area contributed by atoms with Crippen molar-refractivity contribution in [1.29, 1.82) is 0 Å². The first-order valence-electron chi connectivity index (χ1n) is 8.59. The Balaban J connectivity index is 1.71. The molecule has 0 saturated heterocycles. The zero-order valence-electron chi connectivity index (χ0n) is 14.4. The molecule has 1 aromatic heterocycles. The predicted molar refractivity (Wildman–Crippen MR) is 112 cm³/mol. The molecule has 0 aliphatic carbocycles. The molecule has 3 aromatic rings. The van der Waals surface area contributed by atoms with E-state index in [0.717, 1.165) is 23.6 Å². The quantitative estimate of drug-likeness (QED) is 0.293. The van der Waals surface area contributed by atoms with Gasteiger partial charge in [-0.15, -0.1) is 0 Å². The number of hydrogen-bond acceptors (Lipinski definition) is 4. The molecule has 10 heteroatoms. The number of halogens is 4. The molecule has 5 rings (SSSR count). The second kappa shape index (κ2) is 6.44. The van der Waals surface area contributed by atoms with Crippen LogP contribution in [0.2, 0.25) is 20.1 Å². The first-order chi connectivity index (χ1) is 13.8. The molecule has 6 nitrogen and oxygen atoms in total. The number of rotatable bonds is 1. The molecule has 0 saturated carbocycles. The van der Waals surface area contributed by atoms with Crippen LogP contribution < -0.4 is 10.5 Å². The highest BCUT2D eigenvalue weighted by molar-refractivity contribution is 6.56. The molecule has 3 heterocycles. The average molecular weight is 469 g/mol. The number of carbonyl (C=O) groups is 2. The zero-order valence-corrected chi connectivity index (χ0v) is 17.5. The van der Waals surface area contributed by atoms with Crippen molar-refractivity contribution in [3.8, 4) is 0 Å². The molecule has 0 spiro atoms. The Morgan fingerprint density at radius 2 is 1.48 bits per heavy atom. The van der Waals surface area contributed by atoms with Gasteiger partial charge in [-0.05, 0) is 24.6 Å². The minimum Gasteiger partial charge on any atom is -0.296 e. The van der Waals surface area contributed by atoms with Crippen molar-refractivity contribution in [3.63, 3.8) is 0 Å². The summed E-state index contributed by atoms with van der Waals surface area (Å²) in [4.78, 5) is 44.3. The Morgan fingerprint density at radius 3 is 2.10 bits per heavy atom. The van der Waals surface area contributed by atoms with Gasteiger partial charge in [-0.25, -0.2) is 9.88 Å². The van der Waals surface area contributed by atoms with Crippen molar-refractivity contribution in [2.24, 2.45) is 0 Å². The van der Waals surface area contributed by atoms with Gasteiger partial charge in [0.25, 0.3) is 17.4 Å². The summed E-state index contributed by atoms with van der Waals surface area (Å²) in [5, 5.41) is -0.166. The maximum atomic E-state index is 13.0. The summed E-state index contributed by atoms with van der Waals surface area (Å²) in [5.41, 5.74) is 0.286. The number of benzene rings is 2. The Morgan fingerprint density at radius 1 is 0.862 bits per heavy atom. The fourth-order valence-electron chi connectivity index (χ4n) is 3.79. The minimum absolute atomic E-state index is 0.100. The molecule has 0 radical (unpaired) electrons. The highest BCUT2D eigenvalue weighted by Crippen LogP contribution is 2.45. The number of amides is 2. The van der Waals surface area contributed by atoms with Crippen molar-refractivity contribution in [2.75, 3.05) is 4.90 Å². The Hall–Kier alpha value is -2.12. The van der Waals surface area contributed by atoms with Gasteiger partial charge in [0, 0.05) is 13.0 Å². The Labute approximate surface area is 183 Å². The second-order valence-electron chi connectivity index (χ2n) is 6.74. The van der Waals surface area contributed by atoms with Crippen LogP contribution in [0.1, 0.15) is 33.0 Å². The summed E-state index contributed by atoms with van der Waals surface area (Å²) < 4.78 is 1.61. The van der Waals surface area contributed by atoms with Gasteiger partial charge in [-0.2, -0.15) is 0 Å². The van der Waals surface area contributed by atoms with Gasteiger partial charge >= 0.3 is 0 Å². The minimum atomic E-state index is -0.691. The fraction of sp³-hybridized carbons (Fsp3) is 0.158. The van der Waals surface area contributed by atoms with Crippen molar-refractivity contribution < 1.29 is 9.59 Å². The number of aryl methyl sites for hydroxylation is 1. The van der Waals surface area contributed by atoms with Gasteiger partial charge in [-0.3, -0.25) is 19.0 Å². The molecule has 0 bridgehead atoms. The molecule has 29 heavy (non-hydrogen) atoms. The molecular formula is C19H9Cl4N3O3. The van der Waals surface area contributed by atoms with E-state index in [1.165, 1.54) is 6.07 Å². The van der Waals surface area contributed by atoms with Gasteiger partial charge < -0.3 is 0 Å². The molecule has 0 atom stereocenters. The molecule has 0 fully saturated rings. The van der Waals surface area contributed by atoms with E-state index in [-0.39, 0.29) is 42.5 Å². The molecule has 0 unspecified atom stereocenters. The van der Waals surface area contributed by atoms with Crippen LogP contribution in [0, 0.1) is 0 Å². The van der Waals surface area contributed by atoms with Crippen molar-refractivity contribution >= 4 is 74.8 Å². The zero-order chi connectivity index (χ0) is 20.6. The molecule has 0 N–H and O–H groups in total. The van der Waals surface area contributed by atoms with E-state index in [1.807, 2.05) is 0 Å². The van der Waals surface area contributed by atoms with E-state index in [1.54, 1.807) is 16.7 Å². The van der Waals surface area contributed by atoms with Crippen LogP contribution in [0.25, 0.3) is 10.9 Å². The molecule has 2 aliphatic heterocycles. The summed E-state index contributed by atoms with van der Waals surface area (Å²) in [5.74, 6) is -0.646. The third-order valence-corrected chi connectivity index (χ3v) is 6.96. The van der Waals surface area contributed by atoms with Gasteiger partial charge in [0.2, 0.25) is 0 Å². The number of nitrogens with zero attached hydrogens (tertiary/aromatic N) is 3. The van der Waals surface area contributed by atoms with E-state index in [0.29, 0.717) is 17.4 Å². The number of hydrogen-bond donors (Lipinski definition) is 0. The molecule has 146 valence electrons. The highest BCUT2D eigenvalue weighted by atomic mass is 35.5. The average Bonchev–Trinajstić information content (AvgIpc) is 3.27. The molecule has 2 aromatic carbocycles. The number of fused-ring (bicyclic) bond motifs is 3. The van der Waals surface area contributed by atoms with Crippen LogP contribution in [0.5, 0.6) is 0 Å². The molecule has 2 amide bonds. The van der Waals surface area contributed by atoms with E-state index in [9.17, 15) is 14.4 Å². The van der Waals surface area contributed by atoms with E-state index in [2.05, 4.69) is 4.98 Å². The van der Waals surface area contributed by atoms with Crippen molar-refractivity contribution in [3.05, 3.63) is 65.6 Å². The third-order valence-electron chi connectivity index (χ3n) is 5.16. The summed E-state index contributed by atoms with van der Waals surface area (Å²) in [6.45, 7) is 0.594. The van der Waals surface area contributed by atoms with E-state index >= 15 is 0 Å². The van der Waals surface area contributed by atoms with E-state index in [4.69, 9.17) is 46.4 Å². The fourth-order valence-corrected chi connectivity index (χ4v) is 4.81. The van der Waals surface area contributed by atoms with Gasteiger partial charge in [-0.1, -0.05) is 46.4 Å². The number of carbonyl (C=O) groups excluding carboxylic acids is 2. The van der Waals surface area contributed by atoms with Gasteiger partial charge in [0.15, 0.2) is 0 Å². The SMILES string of the molecule is O=C1c2c(Cl)c(Cl)c(Cl)c(Cl)c2C(=O)N1c1ccc2nc3n(c(=O)c2c1)CCC3. The molecular weight excluding hydrogens is 460 g/mol. The lowest BCUT2D eigenvalue weighted by Gasteiger charge is -2.15. The first-order valence-corrected chi connectivity index (χ1v) is 10.1. The van der Waals surface area contributed by atoms with Crippen LogP contribution >= 0.6 is 46.4 Å². The normalized spacial score (nSPS) is 15.4. The lowest BCUT2D eigenvalue weighted by Crippen LogP contribution is -2.30. The standard InChI is InChI=1S/C19H9Cl4N3O3/c20-13-11-12(14(21)16(23)15(13)22)19(29)26(18(11)28)7-3-4-9-8(6-7)17(27)25-5-1-2-10(25)24-9/h3-4,6H,1-2,5H2. The van der Waals surface area contributed by atoms with E-state index < -0.39 is 11.8 Å². The number of anilines is 1.